The first-order valence-electron chi connectivity index (χ1n) is 7.00. The van der Waals surface area contributed by atoms with Crippen molar-refractivity contribution >= 4 is 34.6 Å². The first-order valence-corrected chi connectivity index (χ1v) is 7.37. The summed E-state index contributed by atoms with van der Waals surface area (Å²) in [6.45, 7) is 1.92. The van der Waals surface area contributed by atoms with Crippen LogP contribution in [0.5, 0.6) is 5.75 Å². The van der Waals surface area contributed by atoms with Crippen LogP contribution in [0.1, 0.15) is 17.3 Å². The second-order valence-electron chi connectivity index (χ2n) is 4.75. The number of halogens is 1. The molecule has 0 unspecified atom stereocenters. The maximum Gasteiger partial charge on any atom is 0.311 e. The molecule has 9 nitrogen and oxygen atoms in total. The number of hydrogen-bond acceptors (Lipinski definition) is 6. The van der Waals surface area contributed by atoms with Crippen molar-refractivity contribution in [3.05, 3.63) is 67.2 Å². The smallest absolute Gasteiger partial charge is 0.311 e. The van der Waals surface area contributed by atoms with E-state index in [0.717, 1.165) is 12.1 Å². The van der Waals surface area contributed by atoms with Crippen molar-refractivity contribution in [3.8, 4) is 5.75 Å². The Morgan fingerprint density at radius 2 is 1.80 bits per heavy atom. The minimum absolute atomic E-state index is 0.00718. The molecule has 25 heavy (non-hydrogen) atoms. The molecule has 0 aliphatic rings. The lowest BCUT2D eigenvalue weighted by Crippen LogP contribution is -2.12. The van der Waals surface area contributed by atoms with Gasteiger partial charge >= 0.3 is 5.69 Å². The minimum atomic E-state index is -0.681. The van der Waals surface area contributed by atoms with Gasteiger partial charge in [0.25, 0.3) is 11.6 Å². The first kappa shape index (κ1) is 18.1. The van der Waals surface area contributed by atoms with Gasteiger partial charge in [0, 0.05) is 23.4 Å². The molecule has 2 aromatic carbocycles. The Bertz CT molecular complexity index is 855. The topological polar surface area (TPSA) is 125 Å². The zero-order chi connectivity index (χ0) is 18.6. The minimum Gasteiger partial charge on any atom is -0.487 e. The number of ether oxygens (including phenoxy) is 1. The van der Waals surface area contributed by atoms with Gasteiger partial charge in [0.05, 0.1) is 16.5 Å². The second-order valence-corrected chi connectivity index (χ2v) is 5.16. The molecular formula is C15H12ClN3O6. The largest absolute Gasteiger partial charge is 0.487 e. The molecule has 2 rings (SSSR count). The number of amides is 1. The van der Waals surface area contributed by atoms with Crippen LogP contribution in [-0.2, 0) is 0 Å². The Labute approximate surface area is 146 Å². The summed E-state index contributed by atoms with van der Waals surface area (Å²) in [7, 11) is 0. The van der Waals surface area contributed by atoms with E-state index >= 15 is 0 Å². The molecular weight excluding hydrogens is 354 g/mol. The lowest BCUT2D eigenvalue weighted by atomic mass is 10.1. The Hall–Kier alpha value is -3.20. The number of nitrogens with one attached hydrogen (secondary N) is 1. The summed E-state index contributed by atoms with van der Waals surface area (Å²) in [5, 5.41) is 24.3. The van der Waals surface area contributed by atoms with Crippen molar-refractivity contribution in [3.63, 3.8) is 0 Å². The summed E-state index contributed by atoms with van der Waals surface area (Å²) in [6.07, 6.45) is 0. The number of nitro groups is 2. The van der Waals surface area contributed by atoms with Crippen molar-refractivity contribution in [2.45, 2.75) is 6.92 Å². The van der Waals surface area contributed by atoms with E-state index in [1.54, 1.807) is 6.92 Å². The molecule has 10 heteroatoms. The highest BCUT2D eigenvalue weighted by molar-refractivity contribution is 6.32. The third-order valence-corrected chi connectivity index (χ3v) is 3.44. The van der Waals surface area contributed by atoms with E-state index in [1.807, 2.05) is 0 Å². The van der Waals surface area contributed by atoms with E-state index in [0.29, 0.717) is 0 Å². The molecule has 0 saturated carbocycles. The number of anilines is 1. The molecule has 0 heterocycles. The average molecular weight is 366 g/mol. The highest BCUT2D eigenvalue weighted by Gasteiger charge is 2.19. The average Bonchev–Trinajstić information content (AvgIpc) is 2.56. The van der Waals surface area contributed by atoms with Gasteiger partial charge < -0.3 is 10.1 Å². The number of benzene rings is 2. The van der Waals surface area contributed by atoms with Gasteiger partial charge in [-0.25, -0.2) is 0 Å². The molecule has 0 aliphatic heterocycles. The number of nitrogens with zero attached hydrogens (tertiary/aromatic N) is 2. The van der Waals surface area contributed by atoms with Crippen molar-refractivity contribution < 1.29 is 19.4 Å². The molecule has 0 bridgehead atoms. The number of hydrogen-bond donors (Lipinski definition) is 1. The lowest BCUT2D eigenvalue weighted by molar-refractivity contribution is -0.385. The van der Waals surface area contributed by atoms with Gasteiger partial charge in [-0.15, -0.1) is 0 Å². The van der Waals surface area contributed by atoms with Gasteiger partial charge in [-0.1, -0.05) is 11.6 Å². The van der Waals surface area contributed by atoms with E-state index < -0.39 is 15.8 Å². The Morgan fingerprint density at radius 3 is 2.40 bits per heavy atom. The molecule has 130 valence electrons. The van der Waals surface area contributed by atoms with Crippen molar-refractivity contribution in [1.82, 2.24) is 0 Å². The van der Waals surface area contributed by atoms with Gasteiger partial charge in [-0.2, -0.15) is 0 Å². The number of rotatable bonds is 6. The number of carbonyl (C=O) groups excluding carboxylic acids is 1. The van der Waals surface area contributed by atoms with Crippen molar-refractivity contribution in [2.75, 3.05) is 11.9 Å². The quantitative estimate of drug-likeness (QED) is 0.613. The molecule has 0 fully saturated rings. The third kappa shape index (κ3) is 4.21. The van der Waals surface area contributed by atoms with Crippen LogP contribution >= 0.6 is 11.6 Å². The van der Waals surface area contributed by atoms with Crippen molar-refractivity contribution in [1.29, 1.82) is 0 Å². The summed E-state index contributed by atoms with van der Waals surface area (Å²) < 4.78 is 5.14. The molecule has 0 saturated heterocycles. The van der Waals surface area contributed by atoms with Crippen LogP contribution in [0.2, 0.25) is 5.02 Å². The zero-order valence-electron chi connectivity index (χ0n) is 12.9. The third-order valence-electron chi connectivity index (χ3n) is 3.12. The monoisotopic (exact) mass is 365 g/mol. The van der Waals surface area contributed by atoms with E-state index in [-0.39, 0.29) is 40.0 Å². The first-order chi connectivity index (χ1) is 11.8. The van der Waals surface area contributed by atoms with Gasteiger partial charge in [0.2, 0.25) is 0 Å². The Balaban J connectivity index is 2.29. The molecule has 0 radical (unpaired) electrons. The van der Waals surface area contributed by atoms with Crippen LogP contribution < -0.4 is 10.1 Å². The zero-order valence-corrected chi connectivity index (χ0v) is 13.6. The second kappa shape index (κ2) is 7.58. The molecule has 0 spiro atoms. The Kier molecular flexibility index (Phi) is 5.50. The Morgan fingerprint density at radius 1 is 1.12 bits per heavy atom. The van der Waals surface area contributed by atoms with Crippen LogP contribution in [0, 0.1) is 20.2 Å². The number of carbonyl (C=O) groups is 1. The molecule has 0 aliphatic carbocycles. The van der Waals surface area contributed by atoms with Crippen LogP contribution in [0.3, 0.4) is 0 Å². The molecule has 2 aromatic rings. The fourth-order valence-corrected chi connectivity index (χ4v) is 2.20. The van der Waals surface area contributed by atoms with Gasteiger partial charge in [0.15, 0.2) is 5.75 Å². The molecule has 0 atom stereocenters. The summed E-state index contributed by atoms with van der Waals surface area (Å²) >= 11 is 5.70. The SMILES string of the molecule is CCOc1ccc(C(=O)Nc2ccc(Cl)c([N+](=O)[O-])c2)cc1[N+](=O)[O-]. The van der Waals surface area contributed by atoms with E-state index in [9.17, 15) is 25.0 Å². The molecule has 1 N–H and O–H groups in total. The fourth-order valence-electron chi connectivity index (χ4n) is 2.01. The van der Waals surface area contributed by atoms with Crippen LogP contribution in [0.4, 0.5) is 17.1 Å². The maximum absolute atomic E-state index is 12.2. The highest BCUT2D eigenvalue weighted by atomic mass is 35.5. The predicted octanol–water partition coefficient (Wildman–Crippen LogP) is 3.81. The molecule has 1 amide bonds. The summed E-state index contributed by atoms with van der Waals surface area (Å²) in [4.78, 5) is 32.9. The summed E-state index contributed by atoms with van der Waals surface area (Å²) in [5.74, 6) is -0.617. The van der Waals surface area contributed by atoms with Crippen LogP contribution in [0.15, 0.2) is 36.4 Å². The highest BCUT2D eigenvalue weighted by Crippen LogP contribution is 2.30. The van der Waals surface area contributed by atoms with Crippen LogP contribution in [-0.4, -0.2) is 22.4 Å². The van der Waals surface area contributed by atoms with Gasteiger partial charge in [-0.3, -0.25) is 25.0 Å². The number of nitro benzene ring substituents is 2. The fraction of sp³-hybridized carbons (Fsp3) is 0.133. The maximum atomic E-state index is 12.2. The summed E-state index contributed by atoms with van der Waals surface area (Å²) in [6, 6.07) is 7.51. The lowest BCUT2D eigenvalue weighted by Gasteiger charge is -2.08. The van der Waals surface area contributed by atoms with Crippen LogP contribution in [0.25, 0.3) is 0 Å². The molecule has 0 aromatic heterocycles. The van der Waals surface area contributed by atoms with E-state index in [1.165, 1.54) is 24.3 Å². The van der Waals surface area contributed by atoms with E-state index in [2.05, 4.69) is 5.32 Å². The normalized spacial score (nSPS) is 10.2. The van der Waals surface area contributed by atoms with Crippen molar-refractivity contribution in [2.24, 2.45) is 0 Å². The van der Waals surface area contributed by atoms with E-state index in [4.69, 9.17) is 16.3 Å². The predicted molar refractivity (Wildman–Crippen MR) is 90.3 cm³/mol. The standard InChI is InChI=1S/C15H12ClN3O6/c1-2-25-14-6-3-9(7-13(14)19(23)24)15(20)17-10-4-5-11(16)12(8-10)18(21)22/h3-8H,2H2,1H3,(H,17,20). The summed E-state index contributed by atoms with van der Waals surface area (Å²) in [5.41, 5.74) is -0.570. The van der Waals surface area contributed by atoms with Gasteiger partial charge in [-0.05, 0) is 31.2 Å². The van der Waals surface area contributed by atoms with Gasteiger partial charge in [0.1, 0.15) is 5.02 Å².